The average molecular weight is 397 g/mol. The Hall–Kier alpha value is -3.04. The zero-order valence-electron chi connectivity index (χ0n) is 14.9. The van der Waals surface area contributed by atoms with E-state index in [0.717, 1.165) is 10.3 Å². The SMILES string of the molecule is COc1cc(CNC(=O)N2C[C@@H](C(F)(F)F)[C@H](C(=O)O)C2)c2ccccc2n1. The van der Waals surface area contributed by atoms with Gasteiger partial charge in [0, 0.05) is 31.1 Å². The van der Waals surface area contributed by atoms with Gasteiger partial charge in [-0.1, -0.05) is 18.2 Å². The second-order valence-electron chi connectivity index (χ2n) is 6.50. The van der Waals surface area contributed by atoms with E-state index in [9.17, 15) is 22.8 Å². The first-order valence-corrected chi connectivity index (χ1v) is 8.45. The van der Waals surface area contributed by atoms with Gasteiger partial charge in [0.1, 0.15) is 0 Å². The van der Waals surface area contributed by atoms with Gasteiger partial charge in [0.2, 0.25) is 5.88 Å². The molecule has 28 heavy (non-hydrogen) atoms. The molecule has 0 radical (unpaired) electrons. The quantitative estimate of drug-likeness (QED) is 0.828. The summed E-state index contributed by atoms with van der Waals surface area (Å²) in [5.41, 5.74) is 1.33. The highest BCUT2D eigenvalue weighted by Gasteiger charge is 2.53. The number of hydrogen-bond donors (Lipinski definition) is 2. The van der Waals surface area contributed by atoms with Crippen LogP contribution in [0.5, 0.6) is 5.88 Å². The van der Waals surface area contributed by atoms with Gasteiger partial charge in [0.15, 0.2) is 0 Å². The van der Waals surface area contributed by atoms with Gasteiger partial charge in [0.05, 0.1) is 24.5 Å². The molecule has 0 unspecified atom stereocenters. The van der Waals surface area contributed by atoms with Gasteiger partial charge >= 0.3 is 18.2 Å². The molecule has 0 bridgehead atoms. The van der Waals surface area contributed by atoms with E-state index >= 15 is 0 Å². The van der Waals surface area contributed by atoms with Crippen LogP contribution in [0.2, 0.25) is 0 Å². The number of halogens is 3. The lowest BCUT2D eigenvalue weighted by Gasteiger charge is -2.19. The number of benzene rings is 1. The Morgan fingerprint density at radius 2 is 2.04 bits per heavy atom. The fraction of sp³-hybridized carbons (Fsp3) is 0.389. The van der Waals surface area contributed by atoms with Crippen LogP contribution >= 0.6 is 0 Å². The molecular weight excluding hydrogens is 379 g/mol. The first-order valence-electron chi connectivity index (χ1n) is 8.45. The van der Waals surface area contributed by atoms with E-state index in [2.05, 4.69) is 10.3 Å². The lowest BCUT2D eigenvalue weighted by Crippen LogP contribution is -2.39. The number of rotatable bonds is 4. The molecule has 2 heterocycles. The fourth-order valence-corrected chi connectivity index (χ4v) is 3.31. The number of methoxy groups -OCH3 is 1. The zero-order valence-corrected chi connectivity index (χ0v) is 14.9. The number of carboxylic acids is 1. The molecule has 0 spiro atoms. The molecule has 1 aliphatic heterocycles. The number of urea groups is 1. The molecule has 2 atom stereocenters. The normalized spacial score (nSPS) is 19.6. The van der Waals surface area contributed by atoms with Gasteiger partial charge < -0.3 is 20.1 Å². The number of carbonyl (C=O) groups is 2. The summed E-state index contributed by atoms with van der Waals surface area (Å²) in [7, 11) is 1.45. The number of nitrogens with one attached hydrogen (secondary N) is 1. The van der Waals surface area contributed by atoms with Crippen molar-refractivity contribution < 1.29 is 32.6 Å². The molecule has 0 aliphatic carbocycles. The summed E-state index contributed by atoms with van der Waals surface area (Å²) in [5, 5.41) is 12.4. The molecule has 2 N–H and O–H groups in total. The van der Waals surface area contributed by atoms with Crippen LogP contribution in [0.3, 0.4) is 0 Å². The Labute approximate surface area is 158 Å². The second kappa shape index (κ2) is 7.53. The van der Waals surface area contributed by atoms with Crippen molar-refractivity contribution in [3.63, 3.8) is 0 Å². The number of carbonyl (C=O) groups excluding carboxylic acids is 1. The van der Waals surface area contributed by atoms with Crippen LogP contribution in [-0.4, -0.2) is 53.4 Å². The van der Waals surface area contributed by atoms with Gasteiger partial charge in [-0.2, -0.15) is 13.2 Å². The molecule has 1 aromatic carbocycles. The van der Waals surface area contributed by atoms with Crippen molar-refractivity contribution in [1.29, 1.82) is 0 Å². The molecule has 1 saturated heterocycles. The maximum absolute atomic E-state index is 13.1. The van der Waals surface area contributed by atoms with Crippen LogP contribution < -0.4 is 10.1 Å². The van der Waals surface area contributed by atoms with Gasteiger partial charge in [-0.15, -0.1) is 0 Å². The number of aromatic nitrogens is 1. The number of pyridine rings is 1. The summed E-state index contributed by atoms with van der Waals surface area (Å²) >= 11 is 0. The molecular formula is C18H18F3N3O4. The molecule has 0 saturated carbocycles. The maximum atomic E-state index is 13.1. The number of amides is 2. The molecule has 7 nitrogen and oxygen atoms in total. The highest BCUT2D eigenvalue weighted by Crippen LogP contribution is 2.37. The van der Waals surface area contributed by atoms with Crippen molar-refractivity contribution in [3.8, 4) is 5.88 Å². The Morgan fingerprint density at radius 1 is 1.32 bits per heavy atom. The topological polar surface area (TPSA) is 91.8 Å². The van der Waals surface area contributed by atoms with Crippen LogP contribution in [0, 0.1) is 11.8 Å². The number of para-hydroxylation sites is 1. The third-order valence-corrected chi connectivity index (χ3v) is 4.76. The Morgan fingerprint density at radius 3 is 2.64 bits per heavy atom. The summed E-state index contributed by atoms with van der Waals surface area (Å²) in [6, 6.07) is 8.05. The van der Waals surface area contributed by atoms with Crippen molar-refractivity contribution in [2.45, 2.75) is 12.7 Å². The Bertz CT molecular complexity index is 903. The van der Waals surface area contributed by atoms with Crippen LogP contribution in [0.1, 0.15) is 5.56 Å². The van der Waals surface area contributed by atoms with E-state index in [0.29, 0.717) is 17.0 Å². The molecule has 10 heteroatoms. The van der Waals surface area contributed by atoms with E-state index in [1.54, 1.807) is 30.3 Å². The second-order valence-corrected chi connectivity index (χ2v) is 6.50. The zero-order chi connectivity index (χ0) is 20.5. The van der Waals surface area contributed by atoms with E-state index in [1.165, 1.54) is 7.11 Å². The maximum Gasteiger partial charge on any atom is 0.394 e. The lowest BCUT2D eigenvalue weighted by molar-refractivity contribution is -0.187. The number of alkyl halides is 3. The summed E-state index contributed by atoms with van der Waals surface area (Å²) in [5.74, 6) is -4.99. The first-order chi connectivity index (χ1) is 13.2. The molecule has 150 valence electrons. The van der Waals surface area contributed by atoms with Gasteiger partial charge in [-0.3, -0.25) is 4.79 Å². The van der Waals surface area contributed by atoms with E-state index in [1.807, 2.05) is 0 Å². The smallest absolute Gasteiger partial charge is 0.394 e. The minimum atomic E-state index is -4.69. The number of nitrogens with zero attached hydrogens (tertiary/aromatic N) is 2. The van der Waals surface area contributed by atoms with Crippen molar-refractivity contribution in [2.24, 2.45) is 11.8 Å². The average Bonchev–Trinajstić information content (AvgIpc) is 3.12. The summed E-state index contributed by atoms with van der Waals surface area (Å²) in [4.78, 5) is 28.7. The van der Waals surface area contributed by atoms with Gasteiger partial charge in [-0.25, -0.2) is 9.78 Å². The largest absolute Gasteiger partial charge is 0.481 e. The first kappa shape index (κ1) is 19.7. The number of likely N-dealkylation sites (tertiary alicyclic amines) is 1. The predicted molar refractivity (Wildman–Crippen MR) is 92.8 cm³/mol. The number of carboxylic acid groups (broad SMARTS) is 1. The van der Waals surface area contributed by atoms with Crippen molar-refractivity contribution in [2.75, 3.05) is 20.2 Å². The Balaban J connectivity index is 1.74. The van der Waals surface area contributed by atoms with Crippen LogP contribution in [0.25, 0.3) is 10.9 Å². The molecule has 2 amide bonds. The van der Waals surface area contributed by atoms with Crippen molar-refractivity contribution in [1.82, 2.24) is 15.2 Å². The minimum absolute atomic E-state index is 0.0309. The summed E-state index contributed by atoms with van der Waals surface area (Å²) in [6.45, 7) is -1.15. The Kier molecular flexibility index (Phi) is 5.30. The van der Waals surface area contributed by atoms with Crippen LogP contribution in [0.15, 0.2) is 30.3 Å². The van der Waals surface area contributed by atoms with E-state index < -0.39 is 43.1 Å². The predicted octanol–water partition coefficient (Wildman–Crippen LogP) is 2.65. The van der Waals surface area contributed by atoms with Gasteiger partial charge in [0.25, 0.3) is 0 Å². The monoisotopic (exact) mass is 397 g/mol. The van der Waals surface area contributed by atoms with Crippen molar-refractivity contribution in [3.05, 3.63) is 35.9 Å². The molecule has 1 fully saturated rings. The van der Waals surface area contributed by atoms with E-state index in [4.69, 9.17) is 9.84 Å². The number of fused-ring (bicyclic) bond motifs is 1. The molecule has 3 rings (SSSR count). The van der Waals surface area contributed by atoms with Crippen molar-refractivity contribution >= 4 is 22.9 Å². The highest BCUT2D eigenvalue weighted by molar-refractivity contribution is 5.84. The molecule has 1 aromatic heterocycles. The minimum Gasteiger partial charge on any atom is -0.481 e. The molecule has 2 aromatic rings. The fourth-order valence-electron chi connectivity index (χ4n) is 3.31. The third kappa shape index (κ3) is 3.95. The van der Waals surface area contributed by atoms with Crippen LogP contribution in [-0.2, 0) is 11.3 Å². The third-order valence-electron chi connectivity index (χ3n) is 4.76. The number of hydrogen-bond acceptors (Lipinski definition) is 4. The number of aliphatic carboxylic acids is 1. The lowest BCUT2D eigenvalue weighted by atomic mass is 9.96. The molecule has 1 aliphatic rings. The highest BCUT2D eigenvalue weighted by atomic mass is 19.4. The van der Waals surface area contributed by atoms with Gasteiger partial charge in [-0.05, 0) is 11.6 Å². The number of ether oxygens (including phenoxy) is 1. The summed E-state index contributed by atoms with van der Waals surface area (Å²) in [6.07, 6.45) is -4.69. The van der Waals surface area contributed by atoms with Crippen LogP contribution in [0.4, 0.5) is 18.0 Å². The van der Waals surface area contributed by atoms with E-state index in [-0.39, 0.29) is 6.54 Å². The standard InChI is InChI=1S/C18H18F3N3O4/c1-28-15-6-10(11-4-2-3-5-14(11)23-15)7-22-17(27)24-8-12(16(25)26)13(9-24)18(19,20)21/h2-6,12-13H,7-9H2,1H3,(H,22,27)(H,25,26)/t12-,13-/m1/s1. The summed E-state index contributed by atoms with van der Waals surface area (Å²) < 4.78 is 44.4.